The van der Waals surface area contributed by atoms with E-state index in [2.05, 4.69) is 5.32 Å². The molecule has 29 heavy (non-hydrogen) atoms. The van der Waals surface area contributed by atoms with Gasteiger partial charge in [0, 0.05) is 5.69 Å². The van der Waals surface area contributed by atoms with E-state index in [0.29, 0.717) is 24.5 Å². The van der Waals surface area contributed by atoms with Crippen molar-refractivity contribution in [2.75, 3.05) is 18.5 Å². The van der Waals surface area contributed by atoms with E-state index in [9.17, 15) is 23.1 Å². The van der Waals surface area contributed by atoms with E-state index in [-0.39, 0.29) is 12.5 Å². The number of aliphatic hydroxyl groups excluding tert-OH is 1. The van der Waals surface area contributed by atoms with E-state index in [1.807, 2.05) is 0 Å². The van der Waals surface area contributed by atoms with E-state index in [1.165, 1.54) is 12.1 Å². The molecule has 0 spiro atoms. The SMILES string of the molecule is CC(C)(CO)C(=O)Nc1ccc(OCCCCc2ccc(C(F)(F)F)cc2)cc1. The monoisotopic (exact) mass is 409 g/mol. The Hall–Kier alpha value is -2.54. The number of benzene rings is 2. The maximum Gasteiger partial charge on any atom is 0.416 e. The minimum absolute atomic E-state index is 0.244. The molecule has 0 atom stereocenters. The summed E-state index contributed by atoms with van der Waals surface area (Å²) in [6.45, 7) is 3.56. The number of unbranched alkanes of at least 4 members (excludes halogenated alkanes) is 1. The Kier molecular flexibility index (Phi) is 7.67. The number of halogens is 3. The summed E-state index contributed by atoms with van der Waals surface area (Å²) in [5.74, 6) is 0.399. The molecular weight excluding hydrogens is 383 g/mol. The zero-order valence-electron chi connectivity index (χ0n) is 16.6. The molecule has 0 aromatic heterocycles. The third kappa shape index (κ3) is 7.09. The minimum atomic E-state index is -4.31. The first-order valence-corrected chi connectivity index (χ1v) is 9.43. The molecule has 0 unspecified atom stereocenters. The second kappa shape index (κ2) is 9.78. The van der Waals surface area contributed by atoms with Crippen molar-refractivity contribution < 1.29 is 27.8 Å². The first kappa shape index (κ1) is 22.7. The number of rotatable bonds is 9. The van der Waals surface area contributed by atoms with Gasteiger partial charge in [-0.2, -0.15) is 13.2 Å². The quantitative estimate of drug-likeness (QED) is 0.569. The number of carbonyl (C=O) groups is 1. The molecular formula is C22H26F3NO3. The number of aliphatic hydroxyl groups is 1. The molecule has 2 aromatic rings. The van der Waals surface area contributed by atoms with Crippen molar-refractivity contribution in [3.8, 4) is 5.75 Å². The van der Waals surface area contributed by atoms with Gasteiger partial charge >= 0.3 is 6.18 Å². The van der Waals surface area contributed by atoms with Crippen molar-refractivity contribution in [3.05, 3.63) is 59.7 Å². The third-order valence-electron chi connectivity index (χ3n) is 4.53. The van der Waals surface area contributed by atoms with Crippen LogP contribution in [0.2, 0.25) is 0 Å². The summed E-state index contributed by atoms with van der Waals surface area (Å²) in [7, 11) is 0. The highest BCUT2D eigenvalue weighted by molar-refractivity contribution is 5.94. The van der Waals surface area contributed by atoms with Gasteiger partial charge in [0.2, 0.25) is 5.91 Å². The predicted octanol–water partition coefficient (Wildman–Crippen LogP) is 5.06. The number of alkyl halides is 3. The van der Waals surface area contributed by atoms with E-state index in [4.69, 9.17) is 4.74 Å². The van der Waals surface area contributed by atoms with Crippen molar-refractivity contribution in [1.82, 2.24) is 0 Å². The lowest BCUT2D eigenvalue weighted by atomic mass is 9.93. The first-order valence-electron chi connectivity index (χ1n) is 9.43. The van der Waals surface area contributed by atoms with E-state index in [1.54, 1.807) is 38.1 Å². The molecule has 0 saturated heterocycles. The summed E-state index contributed by atoms with van der Waals surface area (Å²) in [6.07, 6.45) is -2.05. The van der Waals surface area contributed by atoms with Crippen molar-refractivity contribution in [3.63, 3.8) is 0 Å². The molecule has 0 heterocycles. The molecule has 0 aliphatic heterocycles. The summed E-state index contributed by atoms with van der Waals surface area (Å²) in [4.78, 5) is 12.0. The van der Waals surface area contributed by atoms with Gasteiger partial charge in [0.15, 0.2) is 0 Å². The highest BCUT2D eigenvalue weighted by Gasteiger charge is 2.29. The molecule has 0 aliphatic rings. The van der Waals surface area contributed by atoms with Gasteiger partial charge in [-0.25, -0.2) is 0 Å². The molecule has 0 radical (unpaired) electrons. The lowest BCUT2D eigenvalue weighted by molar-refractivity contribution is -0.137. The van der Waals surface area contributed by atoms with Gasteiger partial charge in [-0.05, 0) is 75.1 Å². The molecule has 1 amide bonds. The van der Waals surface area contributed by atoms with Gasteiger partial charge in [0.05, 0.1) is 24.2 Å². The normalized spacial score (nSPS) is 11.9. The highest BCUT2D eigenvalue weighted by atomic mass is 19.4. The van der Waals surface area contributed by atoms with Crippen LogP contribution in [0.15, 0.2) is 48.5 Å². The minimum Gasteiger partial charge on any atom is -0.494 e. The number of nitrogens with one attached hydrogen (secondary N) is 1. The van der Waals surface area contributed by atoms with Gasteiger partial charge < -0.3 is 15.2 Å². The number of anilines is 1. The molecule has 158 valence electrons. The van der Waals surface area contributed by atoms with Crippen molar-refractivity contribution >= 4 is 11.6 Å². The average molecular weight is 409 g/mol. The average Bonchev–Trinajstić information content (AvgIpc) is 2.68. The Labute approximate surface area is 168 Å². The summed E-state index contributed by atoms with van der Waals surface area (Å²) in [6, 6.07) is 12.2. The fourth-order valence-electron chi connectivity index (χ4n) is 2.49. The Morgan fingerprint density at radius 2 is 1.62 bits per heavy atom. The number of hydrogen-bond donors (Lipinski definition) is 2. The zero-order chi connectivity index (χ0) is 21.5. The van der Waals surface area contributed by atoms with Gasteiger partial charge in [-0.1, -0.05) is 12.1 Å². The summed E-state index contributed by atoms with van der Waals surface area (Å²) in [5.41, 5.74) is -0.0124. The number of ether oxygens (including phenoxy) is 1. The largest absolute Gasteiger partial charge is 0.494 e. The van der Waals surface area contributed by atoms with Crippen LogP contribution >= 0.6 is 0 Å². The lowest BCUT2D eigenvalue weighted by Gasteiger charge is -2.20. The number of hydrogen-bond acceptors (Lipinski definition) is 3. The Balaban J connectivity index is 1.71. The van der Waals surface area contributed by atoms with Crippen LogP contribution in [0.25, 0.3) is 0 Å². The van der Waals surface area contributed by atoms with Gasteiger partial charge in [-0.3, -0.25) is 4.79 Å². The Bertz CT molecular complexity index is 784. The predicted molar refractivity (Wildman–Crippen MR) is 106 cm³/mol. The van der Waals surface area contributed by atoms with Crippen molar-refractivity contribution in [2.24, 2.45) is 5.41 Å². The maximum absolute atomic E-state index is 12.5. The topological polar surface area (TPSA) is 58.6 Å². The lowest BCUT2D eigenvalue weighted by Crippen LogP contribution is -2.33. The van der Waals surface area contributed by atoms with Crippen molar-refractivity contribution in [2.45, 2.75) is 39.3 Å². The molecule has 2 aromatic carbocycles. The molecule has 0 aliphatic carbocycles. The van der Waals surface area contributed by atoms with E-state index < -0.39 is 17.2 Å². The molecule has 7 heteroatoms. The Morgan fingerprint density at radius 3 is 2.17 bits per heavy atom. The number of carbonyl (C=O) groups excluding carboxylic acids is 1. The summed E-state index contributed by atoms with van der Waals surface area (Å²) in [5, 5.41) is 12.0. The van der Waals surface area contributed by atoms with Crippen LogP contribution in [0.5, 0.6) is 5.75 Å². The molecule has 4 nitrogen and oxygen atoms in total. The van der Waals surface area contributed by atoms with Crippen LogP contribution < -0.4 is 10.1 Å². The standard InChI is InChI=1S/C22H26F3NO3/c1-21(2,15-27)20(28)26-18-10-12-19(13-11-18)29-14-4-3-5-16-6-8-17(9-7-16)22(23,24)25/h6-13,27H,3-5,14-15H2,1-2H3,(H,26,28). The van der Waals surface area contributed by atoms with Gasteiger partial charge in [-0.15, -0.1) is 0 Å². The Morgan fingerprint density at radius 1 is 1.00 bits per heavy atom. The first-order chi connectivity index (χ1) is 13.6. The van der Waals surface area contributed by atoms with Crippen molar-refractivity contribution in [1.29, 1.82) is 0 Å². The highest BCUT2D eigenvalue weighted by Crippen LogP contribution is 2.29. The fraction of sp³-hybridized carbons (Fsp3) is 0.409. The van der Waals surface area contributed by atoms with Crippen LogP contribution in [0.4, 0.5) is 18.9 Å². The number of aryl methyl sites for hydroxylation is 1. The second-order valence-electron chi connectivity index (χ2n) is 7.52. The zero-order valence-corrected chi connectivity index (χ0v) is 16.6. The fourth-order valence-corrected chi connectivity index (χ4v) is 2.49. The smallest absolute Gasteiger partial charge is 0.416 e. The summed E-state index contributed by atoms with van der Waals surface area (Å²) >= 11 is 0. The molecule has 0 bridgehead atoms. The van der Waals surface area contributed by atoms with Crippen LogP contribution in [0, 0.1) is 5.41 Å². The summed E-state index contributed by atoms with van der Waals surface area (Å²) < 4.78 is 43.3. The van der Waals surface area contributed by atoms with Gasteiger partial charge in [0.1, 0.15) is 5.75 Å². The molecule has 2 rings (SSSR count). The third-order valence-corrected chi connectivity index (χ3v) is 4.53. The van der Waals surface area contributed by atoms with E-state index in [0.717, 1.165) is 30.5 Å². The maximum atomic E-state index is 12.5. The van der Waals surface area contributed by atoms with Crippen LogP contribution in [-0.2, 0) is 17.4 Å². The van der Waals surface area contributed by atoms with E-state index >= 15 is 0 Å². The molecule has 0 saturated carbocycles. The molecule has 0 fully saturated rings. The van der Waals surface area contributed by atoms with Crippen LogP contribution in [-0.4, -0.2) is 24.2 Å². The molecule has 2 N–H and O–H groups in total. The second-order valence-corrected chi connectivity index (χ2v) is 7.52. The van der Waals surface area contributed by atoms with Crippen LogP contribution in [0.1, 0.15) is 37.8 Å². The van der Waals surface area contributed by atoms with Crippen LogP contribution in [0.3, 0.4) is 0 Å². The number of amides is 1. The van der Waals surface area contributed by atoms with Gasteiger partial charge in [0.25, 0.3) is 0 Å².